The number of benzene rings is 1. The zero-order chi connectivity index (χ0) is 24.9. The number of rotatable bonds is 14. The van der Waals surface area contributed by atoms with Gasteiger partial charge in [0.15, 0.2) is 12.3 Å². The van der Waals surface area contributed by atoms with Crippen molar-refractivity contribution in [2.24, 2.45) is 0 Å². The van der Waals surface area contributed by atoms with Gasteiger partial charge in [-0.05, 0) is 25.0 Å². The number of carbonyl (C=O) groups is 2. The van der Waals surface area contributed by atoms with Gasteiger partial charge < -0.3 is 15.4 Å². The van der Waals surface area contributed by atoms with Gasteiger partial charge in [0.2, 0.25) is 0 Å². The Labute approximate surface area is 203 Å². The standard InChI is InChI=1S/C24H34N4O5S/c1-3-5-10-15-27(21-22(25)28(14-6-4-2)24(32)26-23(21)31)19(29)17-33-20(30)13-16-34-18-11-8-7-9-12-18/h7-9,11-12H,3-6,10,13-17,25H2,1-2H3,(H,26,31,32). The summed E-state index contributed by atoms with van der Waals surface area (Å²) < 4.78 is 6.46. The Morgan fingerprint density at radius 3 is 2.47 bits per heavy atom. The van der Waals surface area contributed by atoms with Crippen molar-refractivity contribution < 1.29 is 14.3 Å². The number of ether oxygens (including phenoxy) is 1. The highest BCUT2D eigenvalue weighted by Crippen LogP contribution is 2.20. The molecule has 0 aliphatic carbocycles. The molecule has 0 unspecified atom stereocenters. The molecule has 1 amide bonds. The Morgan fingerprint density at radius 2 is 1.79 bits per heavy atom. The minimum absolute atomic E-state index is 0.0577. The largest absolute Gasteiger partial charge is 0.456 e. The molecular weight excluding hydrogens is 456 g/mol. The summed E-state index contributed by atoms with van der Waals surface area (Å²) in [4.78, 5) is 54.6. The summed E-state index contributed by atoms with van der Waals surface area (Å²) in [5, 5.41) is 0. The van der Waals surface area contributed by atoms with E-state index in [1.807, 2.05) is 44.2 Å². The molecule has 0 aliphatic rings. The molecule has 1 aromatic heterocycles. The second kappa shape index (κ2) is 14.3. The smallest absolute Gasteiger partial charge is 0.330 e. The maximum atomic E-state index is 13.0. The van der Waals surface area contributed by atoms with Crippen molar-refractivity contribution >= 4 is 35.1 Å². The van der Waals surface area contributed by atoms with E-state index in [-0.39, 0.29) is 24.5 Å². The van der Waals surface area contributed by atoms with Gasteiger partial charge in [-0.25, -0.2) is 4.79 Å². The number of nitrogens with two attached hydrogens (primary N) is 1. The number of aromatic amines is 1. The van der Waals surface area contributed by atoms with Gasteiger partial charge in [-0.15, -0.1) is 11.8 Å². The summed E-state index contributed by atoms with van der Waals surface area (Å²) in [7, 11) is 0. The van der Waals surface area contributed by atoms with Crippen LogP contribution in [0.2, 0.25) is 0 Å². The van der Waals surface area contributed by atoms with Crippen molar-refractivity contribution in [3.8, 4) is 0 Å². The molecule has 0 aliphatic heterocycles. The summed E-state index contributed by atoms with van der Waals surface area (Å²) >= 11 is 1.52. The zero-order valence-electron chi connectivity index (χ0n) is 19.9. The van der Waals surface area contributed by atoms with Crippen LogP contribution >= 0.6 is 11.8 Å². The van der Waals surface area contributed by atoms with Crippen LogP contribution in [0.4, 0.5) is 11.5 Å². The first kappa shape index (κ1) is 27.2. The van der Waals surface area contributed by atoms with Crippen LogP contribution in [0.15, 0.2) is 44.8 Å². The number of H-pyrrole nitrogens is 1. The van der Waals surface area contributed by atoms with Crippen molar-refractivity contribution in [3.63, 3.8) is 0 Å². The lowest BCUT2D eigenvalue weighted by Crippen LogP contribution is -2.43. The number of esters is 1. The Balaban J connectivity index is 2.10. The molecule has 34 heavy (non-hydrogen) atoms. The molecule has 0 saturated carbocycles. The average molecular weight is 491 g/mol. The summed E-state index contributed by atoms with van der Waals surface area (Å²) in [6.07, 6.45) is 4.06. The lowest BCUT2D eigenvalue weighted by atomic mass is 10.2. The molecule has 2 rings (SSSR count). The highest BCUT2D eigenvalue weighted by molar-refractivity contribution is 7.99. The molecule has 1 aromatic carbocycles. The maximum absolute atomic E-state index is 13.0. The number of unbranched alkanes of at least 4 members (excludes halogenated alkanes) is 3. The Morgan fingerprint density at radius 1 is 1.09 bits per heavy atom. The van der Waals surface area contributed by atoms with Crippen LogP contribution in [0.3, 0.4) is 0 Å². The Hall–Kier alpha value is -3.01. The number of anilines is 2. The predicted octanol–water partition coefficient (Wildman–Crippen LogP) is 3.17. The number of amides is 1. The third-order valence-electron chi connectivity index (χ3n) is 5.18. The number of nitrogens with one attached hydrogen (secondary N) is 1. The molecule has 1 heterocycles. The molecule has 10 heteroatoms. The molecule has 0 saturated heterocycles. The van der Waals surface area contributed by atoms with Gasteiger partial charge in [0.25, 0.3) is 11.5 Å². The maximum Gasteiger partial charge on any atom is 0.330 e. The number of carbonyl (C=O) groups excluding carboxylic acids is 2. The topological polar surface area (TPSA) is 127 Å². The SMILES string of the molecule is CCCCCN(C(=O)COC(=O)CCSc1ccccc1)c1c(N)n(CCCC)c(=O)[nH]c1=O. The molecular formula is C24H34N4O5S. The molecule has 3 N–H and O–H groups in total. The summed E-state index contributed by atoms with van der Waals surface area (Å²) in [5.41, 5.74) is 4.77. The molecule has 0 spiro atoms. The first-order chi connectivity index (χ1) is 16.4. The Kier molecular flexibility index (Phi) is 11.5. The number of nitrogen functional groups attached to an aromatic ring is 1. The molecule has 0 atom stereocenters. The second-order valence-corrected chi connectivity index (χ2v) is 8.99. The van der Waals surface area contributed by atoms with E-state index in [0.29, 0.717) is 25.1 Å². The van der Waals surface area contributed by atoms with Crippen molar-refractivity contribution in [1.29, 1.82) is 0 Å². The van der Waals surface area contributed by atoms with E-state index < -0.39 is 29.7 Å². The minimum atomic E-state index is -0.731. The van der Waals surface area contributed by atoms with E-state index >= 15 is 0 Å². The van der Waals surface area contributed by atoms with Crippen LogP contribution in [0, 0.1) is 0 Å². The molecule has 186 valence electrons. The monoisotopic (exact) mass is 490 g/mol. The van der Waals surface area contributed by atoms with Crippen LogP contribution in [0.1, 0.15) is 52.4 Å². The van der Waals surface area contributed by atoms with Crippen LogP contribution < -0.4 is 21.9 Å². The molecule has 9 nitrogen and oxygen atoms in total. The summed E-state index contributed by atoms with van der Waals surface area (Å²) in [5.74, 6) is -0.595. The van der Waals surface area contributed by atoms with E-state index in [1.165, 1.54) is 21.2 Å². The number of hydrogen-bond donors (Lipinski definition) is 2. The molecule has 0 fully saturated rings. The van der Waals surface area contributed by atoms with E-state index in [9.17, 15) is 19.2 Å². The Bertz CT molecular complexity index is 1050. The van der Waals surface area contributed by atoms with Gasteiger partial charge in [0, 0.05) is 23.7 Å². The lowest BCUT2D eigenvalue weighted by Gasteiger charge is -2.24. The minimum Gasteiger partial charge on any atom is -0.456 e. The summed E-state index contributed by atoms with van der Waals surface area (Å²) in [6, 6.07) is 9.67. The van der Waals surface area contributed by atoms with Gasteiger partial charge in [-0.2, -0.15) is 0 Å². The fraction of sp³-hybridized carbons (Fsp3) is 0.500. The number of hydrogen-bond acceptors (Lipinski definition) is 7. The molecule has 2 aromatic rings. The van der Waals surface area contributed by atoms with Crippen molar-refractivity contribution in [2.75, 3.05) is 29.5 Å². The van der Waals surface area contributed by atoms with Gasteiger partial charge >= 0.3 is 11.7 Å². The normalized spacial score (nSPS) is 10.8. The fourth-order valence-electron chi connectivity index (χ4n) is 3.32. The second-order valence-electron chi connectivity index (χ2n) is 7.82. The van der Waals surface area contributed by atoms with Crippen LogP contribution in [0.5, 0.6) is 0 Å². The third kappa shape index (κ3) is 8.09. The highest BCUT2D eigenvalue weighted by atomic mass is 32.2. The average Bonchev–Trinajstić information content (AvgIpc) is 2.82. The van der Waals surface area contributed by atoms with Gasteiger partial charge in [0.05, 0.1) is 6.42 Å². The highest BCUT2D eigenvalue weighted by Gasteiger charge is 2.24. The van der Waals surface area contributed by atoms with E-state index in [1.54, 1.807) is 0 Å². The van der Waals surface area contributed by atoms with Crippen molar-refractivity contribution in [3.05, 3.63) is 51.2 Å². The van der Waals surface area contributed by atoms with Crippen molar-refractivity contribution in [2.45, 2.75) is 63.8 Å². The number of aromatic nitrogens is 2. The zero-order valence-corrected chi connectivity index (χ0v) is 20.7. The van der Waals surface area contributed by atoms with Gasteiger partial charge in [-0.3, -0.25) is 23.9 Å². The van der Waals surface area contributed by atoms with Crippen LogP contribution in [-0.2, 0) is 20.9 Å². The number of thioether (sulfide) groups is 1. The first-order valence-corrected chi connectivity index (χ1v) is 12.6. The van der Waals surface area contributed by atoms with E-state index in [0.717, 1.165) is 24.2 Å². The lowest BCUT2D eigenvalue weighted by molar-refractivity contribution is -0.147. The van der Waals surface area contributed by atoms with E-state index in [4.69, 9.17) is 10.5 Å². The van der Waals surface area contributed by atoms with Crippen LogP contribution in [-0.4, -0.2) is 40.3 Å². The van der Waals surface area contributed by atoms with Crippen molar-refractivity contribution in [1.82, 2.24) is 9.55 Å². The van der Waals surface area contributed by atoms with E-state index in [2.05, 4.69) is 4.98 Å². The molecule has 0 radical (unpaired) electrons. The van der Waals surface area contributed by atoms with Crippen LogP contribution in [0.25, 0.3) is 0 Å². The molecule has 0 bridgehead atoms. The summed E-state index contributed by atoms with van der Waals surface area (Å²) in [6.45, 7) is 4.05. The van der Waals surface area contributed by atoms with Gasteiger partial charge in [0.1, 0.15) is 5.82 Å². The fourth-order valence-corrected chi connectivity index (χ4v) is 4.17. The first-order valence-electron chi connectivity index (χ1n) is 11.6. The van der Waals surface area contributed by atoms with Gasteiger partial charge in [-0.1, -0.05) is 51.3 Å². The third-order valence-corrected chi connectivity index (χ3v) is 6.19. The quantitative estimate of drug-likeness (QED) is 0.236. The predicted molar refractivity (Wildman–Crippen MR) is 135 cm³/mol. The number of nitrogens with zero attached hydrogens (tertiary/aromatic N) is 2.